The first-order chi connectivity index (χ1) is 16.8. The zero-order valence-corrected chi connectivity index (χ0v) is 21.0. The van der Waals surface area contributed by atoms with Gasteiger partial charge in [0.2, 0.25) is 5.91 Å². The maximum atomic E-state index is 13.9. The van der Waals surface area contributed by atoms with Gasteiger partial charge < -0.3 is 20.2 Å². The van der Waals surface area contributed by atoms with E-state index in [1.807, 2.05) is 29.2 Å². The molecule has 9 heteroatoms. The number of piperazine rings is 1. The van der Waals surface area contributed by atoms with E-state index in [2.05, 4.69) is 34.0 Å². The van der Waals surface area contributed by atoms with Crippen molar-refractivity contribution in [2.75, 3.05) is 37.8 Å². The number of hydrogen-bond donors (Lipinski definition) is 2. The number of alkyl halides is 1. The van der Waals surface area contributed by atoms with Crippen LogP contribution in [0.15, 0.2) is 30.6 Å². The van der Waals surface area contributed by atoms with Crippen molar-refractivity contribution in [3.63, 3.8) is 0 Å². The van der Waals surface area contributed by atoms with Crippen molar-refractivity contribution in [1.82, 2.24) is 20.2 Å². The van der Waals surface area contributed by atoms with Gasteiger partial charge >= 0.3 is 0 Å². The molecular weight excluding hydrogens is 469 g/mol. The Morgan fingerprint density at radius 2 is 1.94 bits per heavy atom. The molecule has 2 saturated heterocycles. The number of fused-ring (bicyclic) bond motifs is 1. The number of halogens is 2. The van der Waals surface area contributed by atoms with Gasteiger partial charge in [0.15, 0.2) is 0 Å². The quantitative estimate of drug-likeness (QED) is 0.651. The highest BCUT2D eigenvalue weighted by molar-refractivity contribution is 6.30. The molecule has 0 unspecified atom stereocenters. The van der Waals surface area contributed by atoms with Gasteiger partial charge in [-0.05, 0) is 50.8 Å². The van der Waals surface area contributed by atoms with E-state index in [-0.39, 0.29) is 29.3 Å². The Morgan fingerprint density at radius 3 is 2.57 bits per heavy atom. The molecule has 0 bridgehead atoms. The Bertz CT molecular complexity index is 1070. The summed E-state index contributed by atoms with van der Waals surface area (Å²) in [6, 6.07) is 7.68. The first kappa shape index (κ1) is 24.4. The third-order valence-electron chi connectivity index (χ3n) is 7.76. The van der Waals surface area contributed by atoms with Crippen molar-refractivity contribution in [1.29, 1.82) is 0 Å². The number of carbonyl (C=O) groups is 1. The number of rotatable bonds is 5. The monoisotopic (exact) mass is 501 g/mol. The van der Waals surface area contributed by atoms with Gasteiger partial charge in [0.05, 0.1) is 24.4 Å². The van der Waals surface area contributed by atoms with Crippen LogP contribution in [0.3, 0.4) is 0 Å². The van der Waals surface area contributed by atoms with Gasteiger partial charge in [0, 0.05) is 54.3 Å². The van der Waals surface area contributed by atoms with E-state index in [9.17, 15) is 14.3 Å². The summed E-state index contributed by atoms with van der Waals surface area (Å²) >= 11 is 6.13. The van der Waals surface area contributed by atoms with Crippen LogP contribution in [-0.4, -0.2) is 70.3 Å². The van der Waals surface area contributed by atoms with E-state index >= 15 is 0 Å². The van der Waals surface area contributed by atoms with Crippen molar-refractivity contribution in [2.45, 2.75) is 62.6 Å². The van der Waals surface area contributed by atoms with Crippen molar-refractivity contribution in [3.8, 4) is 0 Å². The molecule has 2 aromatic rings. The summed E-state index contributed by atoms with van der Waals surface area (Å²) < 4.78 is 13.7. The van der Waals surface area contributed by atoms with Gasteiger partial charge in [-0.15, -0.1) is 0 Å². The van der Waals surface area contributed by atoms with Crippen LogP contribution in [0.2, 0.25) is 5.02 Å². The van der Waals surface area contributed by atoms with Crippen LogP contribution >= 0.6 is 11.6 Å². The lowest BCUT2D eigenvalue weighted by Gasteiger charge is -2.39. The molecule has 1 aromatic carbocycles. The number of carbonyl (C=O) groups excluding carboxylic acids is 1. The lowest BCUT2D eigenvalue weighted by Crippen LogP contribution is -2.53. The molecule has 3 aliphatic rings. The van der Waals surface area contributed by atoms with Crippen LogP contribution < -0.4 is 10.2 Å². The standard InChI is InChI=1S/C26H33ClFN5O2/c1-26(2)8-7-19(31-26)21(16-3-5-18(27)6-4-16)25(35)33-11-9-32(10-12-33)24-22-17(14-28)13-20(34)23(22)29-15-30-24/h3-6,15,17,19-21,31,34H,7-14H2,1-2H3/t17-,19-,20+,21-/m0/s1. The molecule has 5 rings (SSSR count). The molecule has 2 fully saturated rings. The largest absolute Gasteiger partial charge is 0.387 e. The molecule has 35 heavy (non-hydrogen) atoms. The Balaban J connectivity index is 1.34. The number of benzene rings is 1. The minimum atomic E-state index is -0.751. The molecule has 1 aromatic heterocycles. The van der Waals surface area contributed by atoms with Gasteiger partial charge in [0.25, 0.3) is 0 Å². The topological polar surface area (TPSA) is 81.6 Å². The lowest BCUT2D eigenvalue weighted by atomic mass is 9.88. The molecule has 0 spiro atoms. The Hall–Kier alpha value is -2.29. The number of nitrogens with zero attached hydrogens (tertiary/aromatic N) is 4. The van der Waals surface area contributed by atoms with Gasteiger partial charge in [-0.25, -0.2) is 9.97 Å². The number of hydrogen-bond acceptors (Lipinski definition) is 6. The third kappa shape index (κ3) is 4.76. The molecule has 2 N–H and O–H groups in total. The highest BCUT2D eigenvalue weighted by Gasteiger charge is 2.41. The zero-order valence-electron chi connectivity index (χ0n) is 20.3. The molecule has 1 aliphatic carbocycles. The van der Waals surface area contributed by atoms with Crippen LogP contribution in [-0.2, 0) is 4.79 Å². The van der Waals surface area contributed by atoms with E-state index in [1.165, 1.54) is 6.33 Å². The van der Waals surface area contributed by atoms with Gasteiger partial charge in [-0.3, -0.25) is 9.18 Å². The summed E-state index contributed by atoms with van der Waals surface area (Å²) in [7, 11) is 0. The minimum absolute atomic E-state index is 0.000756. The minimum Gasteiger partial charge on any atom is -0.387 e. The predicted octanol–water partition coefficient (Wildman–Crippen LogP) is 3.58. The van der Waals surface area contributed by atoms with Crippen LogP contribution in [0.4, 0.5) is 10.2 Å². The van der Waals surface area contributed by atoms with Gasteiger partial charge in [-0.1, -0.05) is 23.7 Å². The molecule has 3 heterocycles. The first-order valence-electron chi connectivity index (χ1n) is 12.4. The number of aliphatic hydroxyl groups excluding tert-OH is 1. The van der Waals surface area contributed by atoms with Crippen molar-refractivity contribution < 1.29 is 14.3 Å². The van der Waals surface area contributed by atoms with Crippen molar-refractivity contribution in [3.05, 3.63) is 52.4 Å². The number of amides is 1. The average Bonchev–Trinajstić information content (AvgIpc) is 3.39. The third-order valence-corrected chi connectivity index (χ3v) is 8.01. The zero-order chi connectivity index (χ0) is 24.7. The van der Waals surface area contributed by atoms with Crippen LogP contribution in [0.1, 0.15) is 67.9 Å². The van der Waals surface area contributed by atoms with Crippen LogP contribution in [0.25, 0.3) is 0 Å². The Morgan fingerprint density at radius 1 is 1.23 bits per heavy atom. The summed E-state index contributed by atoms with van der Waals surface area (Å²) in [5.41, 5.74) is 2.23. The molecule has 1 amide bonds. The molecular formula is C26H33ClFN5O2. The van der Waals surface area contributed by atoms with Gasteiger partial charge in [0.1, 0.15) is 12.1 Å². The van der Waals surface area contributed by atoms with E-state index in [1.54, 1.807) is 0 Å². The fourth-order valence-electron chi connectivity index (χ4n) is 5.91. The number of anilines is 1. The normalized spacial score (nSPS) is 26.6. The summed E-state index contributed by atoms with van der Waals surface area (Å²) in [6.45, 7) is 6.12. The van der Waals surface area contributed by atoms with E-state index in [0.717, 1.165) is 24.0 Å². The molecule has 4 atom stereocenters. The van der Waals surface area contributed by atoms with Gasteiger partial charge in [-0.2, -0.15) is 0 Å². The number of aliphatic hydroxyl groups is 1. The molecule has 188 valence electrons. The van der Waals surface area contributed by atoms with Crippen LogP contribution in [0, 0.1) is 0 Å². The second-order valence-electron chi connectivity index (χ2n) is 10.6. The summed E-state index contributed by atoms with van der Waals surface area (Å²) in [5, 5.41) is 14.6. The second kappa shape index (κ2) is 9.64. The fourth-order valence-corrected chi connectivity index (χ4v) is 6.04. The lowest BCUT2D eigenvalue weighted by molar-refractivity contribution is -0.133. The smallest absolute Gasteiger partial charge is 0.231 e. The van der Waals surface area contributed by atoms with Crippen molar-refractivity contribution >= 4 is 23.3 Å². The first-order valence-corrected chi connectivity index (χ1v) is 12.8. The van der Waals surface area contributed by atoms with E-state index in [4.69, 9.17) is 11.6 Å². The van der Waals surface area contributed by atoms with E-state index in [0.29, 0.717) is 49.1 Å². The maximum absolute atomic E-state index is 13.9. The fraction of sp³-hybridized carbons (Fsp3) is 0.577. The second-order valence-corrected chi connectivity index (χ2v) is 11.1. The highest BCUT2D eigenvalue weighted by atomic mass is 35.5. The van der Waals surface area contributed by atoms with E-state index < -0.39 is 12.8 Å². The number of aromatic nitrogens is 2. The maximum Gasteiger partial charge on any atom is 0.231 e. The predicted molar refractivity (Wildman–Crippen MR) is 134 cm³/mol. The highest BCUT2D eigenvalue weighted by Crippen LogP contribution is 2.43. The molecule has 2 aliphatic heterocycles. The molecule has 0 radical (unpaired) electrons. The SMILES string of the molecule is CC1(C)CC[C@@H]([C@@H](C(=O)N2CCN(c3ncnc4c3[C@H](CF)C[C@H]4O)CC2)c2ccc(Cl)cc2)N1. The van der Waals surface area contributed by atoms with Crippen molar-refractivity contribution in [2.24, 2.45) is 0 Å². The van der Waals surface area contributed by atoms with Crippen LogP contribution in [0.5, 0.6) is 0 Å². The molecule has 7 nitrogen and oxygen atoms in total. The Labute approximate surface area is 210 Å². The summed E-state index contributed by atoms with van der Waals surface area (Å²) in [4.78, 5) is 26.6. The summed E-state index contributed by atoms with van der Waals surface area (Å²) in [6.07, 6.45) is 2.98. The summed E-state index contributed by atoms with van der Waals surface area (Å²) in [5.74, 6) is 0.138. The average molecular weight is 502 g/mol. The Kier molecular flexibility index (Phi) is 6.72. The molecule has 0 saturated carbocycles. The number of nitrogens with one attached hydrogen (secondary N) is 1.